The molecule has 2 N–H and O–H groups in total. The van der Waals surface area contributed by atoms with Gasteiger partial charge >= 0.3 is 12.1 Å². The number of aliphatic carboxylic acids is 1. The molecule has 0 unspecified atom stereocenters. The van der Waals surface area contributed by atoms with Crippen LogP contribution in [0.4, 0.5) is 13.2 Å². The fourth-order valence-corrected chi connectivity index (χ4v) is 2.29. The van der Waals surface area contributed by atoms with Crippen molar-refractivity contribution in [3.63, 3.8) is 0 Å². The monoisotopic (exact) mass is 278 g/mol. The lowest BCUT2D eigenvalue weighted by atomic mass is 10.4. The zero-order chi connectivity index (χ0) is 13.9. The van der Waals surface area contributed by atoms with Crippen molar-refractivity contribution in [1.29, 1.82) is 0 Å². The fourth-order valence-electron chi connectivity index (χ4n) is 0.949. The van der Waals surface area contributed by atoms with Crippen LogP contribution < -0.4 is 4.72 Å². The molecule has 0 saturated carbocycles. The van der Waals surface area contributed by atoms with Gasteiger partial charge < -0.3 is 5.11 Å². The zero-order valence-corrected chi connectivity index (χ0v) is 9.97. The van der Waals surface area contributed by atoms with E-state index < -0.39 is 41.5 Å². The van der Waals surface area contributed by atoms with E-state index in [9.17, 15) is 26.4 Å². The molecule has 17 heavy (non-hydrogen) atoms. The molecule has 0 atom stereocenters. The summed E-state index contributed by atoms with van der Waals surface area (Å²) in [4.78, 5) is 10.3. The average molecular weight is 278 g/mol. The summed E-state index contributed by atoms with van der Waals surface area (Å²) < 4.78 is 60.8. The highest BCUT2D eigenvalue weighted by molar-refractivity contribution is 7.87. The van der Waals surface area contributed by atoms with Gasteiger partial charge in [0.1, 0.15) is 13.1 Å². The van der Waals surface area contributed by atoms with E-state index in [0.29, 0.717) is 0 Å². The van der Waals surface area contributed by atoms with Crippen molar-refractivity contribution >= 4 is 16.2 Å². The number of halogens is 3. The summed E-state index contributed by atoms with van der Waals surface area (Å²) in [6, 6.07) is -0.635. The summed E-state index contributed by atoms with van der Waals surface area (Å²) >= 11 is 0. The van der Waals surface area contributed by atoms with Gasteiger partial charge in [0.2, 0.25) is 0 Å². The van der Waals surface area contributed by atoms with Gasteiger partial charge in [-0.05, 0) is 13.8 Å². The molecule has 0 aromatic carbocycles. The molecule has 10 heteroatoms. The average Bonchev–Trinajstić information content (AvgIpc) is 1.96. The Kier molecular flexibility index (Phi) is 5.36. The Bertz CT molecular complexity index is 366. The van der Waals surface area contributed by atoms with Gasteiger partial charge in [0, 0.05) is 6.04 Å². The van der Waals surface area contributed by atoms with Gasteiger partial charge in [-0.1, -0.05) is 0 Å². The molecule has 0 heterocycles. The summed E-state index contributed by atoms with van der Waals surface area (Å²) in [6.45, 7) is -0.281. The van der Waals surface area contributed by atoms with E-state index in [1.54, 1.807) is 0 Å². The van der Waals surface area contributed by atoms with Gasteiger partial charge in [0.15, 0.2) is 0 Å². The van der Waals surface area contributed by atoms with Crippen LogP contribution in [0.25, 0.3) is 0 Å². The Morgan fingerprint density at radius 1 is 1.41 bits per heavy atom. The number of carboxylic acids is 1. The highest BCUT2D eigenvalue weighted by atomic mass is 32.2. The van der Waals surface area contributed by atoms with Crippen molar-refractivity contribution < 1.29 is 31.5 Å². The molecular formula is C7H13F3N2O4S. The first-order valence-corrected chi connectivity index (χ1v) is 5.94. The van der Waals surface area contributed by atoms with Gasteiger partial charge in [0.25, 0.3) is 10.2 Å². The molecule has 0 amide bonds. The molecule has 0 saturated heterocycles. The zero-order valence-electron chi connectivity index (χ0n) is 9.15. The highest BCUT2D eigenvalue weighted by Crippen LogP contribution is 2.18. The third-order valence-corrected chi connectivity index (χ3v) is 3.10. The molecule has 0 spiro atoms. The van der Waals surface area contributed by atoms with E-state index in [2.05, 4.69) is 0 Å². The Balaban J connectivity index is 4.97. The number of nitrogens with zero attached hydrogens (tertiary/aromatic N) is 1. The van der Waals surface area contributed by atoms with Crippen molar-refractivity contribution in [1.82, 2.24) is 9.03 Å². The minimum atomic E-state index is -4.80. The molecule has 102 valence electrons. The molecule has 0 fully saturated rings. The first-order valence-electron chi connectivity index (χ1n) is 4.50. The number of nitrogens with one attached hydrogen (secondary N) is 1. The minimum Gasteiger partial charge on any atom is -0.480 e. The molecule has 6 nitrogen and oxygen atoms in total. The van der Waals surface area contributed by atoms with Crippen molar-refractivity contribution in [3.8, 4) is 0 Å². The van der Waals surface area contributed by atoms with E-state index in [1.165, 1.54) is 13.8 Å². The van der Waals surface area contributed by atoms with Crippen LogP contribution >= 0.6 is 0 Å². The molecule has 0 aliphatic heterocycles. The van der Waals surface area contributed by atoms with E-state index in [0.717, 1.165) is 0 Å². The van der Waals surface area contributed by atoms with Gasteiger partial charge in [0.05, 0.1) is 0 Å². The number of hydrogen-bond acceptors (Lipinski definition) is 3. The Hall–Kier alpha value is -0.870. The Labute approximate surface area is 96.6 Å². The maximum atomic E-state index is 12.1. The predicted molar refractivity (Wildman–Crippen MR) is 52.5 cm³/mol. The van der Waals surface area contributed by atoms with Gasteiger partial charge in [-0.3, -0.25) is 4.79 Å². The van der Waals surface area contributed by atoms with Gasteiger partial charge in [-0.15, -0.1) is 0 Å². The number of alkyl halides is 3. The van der Waals surface area contributed by atoms with Crippen molar-refractivity contribution in [2.45, 2.75) is 26.1 Å². The molecule has 0 aromatic rings. The molecule has 0 aliphatic carbocycles. The molecule has 0 aliphatic rings. The van der Waals surface area contributed by atoms with Gasteiger partial charge in [-0.2, -0.15) is 30.6 Å². The third kappa shape index (κ3) is 7.13. The van der Waals surface area contributed by atoms with E-state index >= 15 is 0 Å². The van der Waals surface area contributed by atoms with Crippen molar-refractivity contribution in [2.75, 3.05) is 13.1 Å². The van der Waals surface area contributed by atoms with E-state index in [4.69, 9.17) is 5.11 Å². The number of rotatable bonds is 6. The summed E-state index contributed by atoms with van der Waals surface area (Å²) in [7, 11) is -4.47. The first-order chi connectivity index (χ1) is 7.44. The summed E-state index contributed by atoms with van der Waals surface area (Å²) in [6.07, 6.45) is -4.80. The van der Waals surface area contributed by atoms with E-state index in [1.807, 2.05) is 4.72 Å². The third-order valence-electron chi connectivity index (χ3n) is 1.39. The van der Waals surface area contributed by atoms with Crippen LogP contribution in [0, 0.1) is 0 Å². The van der Waals surface area contributed by atoms with Crippen LogP contribution in [0.1, 0.15) is 13.8 Å². The summed E-state index contributed by atoms with van der Waals surface area (Å²) in [5, 5.41) is 8.38. The predicted octanol–water partition coefficient (Wildman–Crippen LogP) is 0.178. The Morgan fingerprint density at radius 3 is 2.18 bits per heavy atom. The lowest BCUT2D eigenvalue weighted by molar-refractivity contribution is -0.146. The Morgan fingerprint density at radius 2 is 1.88 bits per heavy atom. The quantitative estimate of drug-likeness (QED) is 0.725. The molecular weight excluding hydrogens is 265 g/mol. The second kappa shape index (κ2) is 5.65. The smallest absolute Gasteiger partial charge is 0.402 e. The number of hydrogen-bond donors (Lipinski definition) is 2. The first kappa shape index (κ1) is 16.1. The largest absolute Gasteiger partial charge is 0.480 e. The number of carboxylic acid groups (broad SMARTS) is 1. The highest BCUT2D eigenvalue weighted by Gasteiger charge is 2.37. The molecule has 0 rings (SSSR count). The second-order valence-electron chi connectivity index (χ2n) is 3.55. The second-order valence-corrected chi connectivity index (χ2v) is 5.26. The lowest BCUT2D eigenvalue weighted by Gasteiger charge is -2.23. The lowest BCUT2D eigenvalue weighted by Crippen LogP contribution is -2.49. The van der Waals surface area contributed by atoms with Crippen LogP contribution in [-0.2, 0) is 15.0 Å². The van der Waals surface area contributed by atoms with Crippen molar-refractivity contribution in [2.24, 2.45) is 0 Å². The molecule has 0 aromatic heterocycles. The van der Waals surface area contributed by atoms with Crippen LogP contribution in [0.2, 0.25) is 0 Å². The molecule has 0 bridgehead atoms. The van der Waals surface area contributed by atoms with Crippen LogP contribution in [0.3, 0.4) is 0 Å². The van der Waals surface area contributed by atoms with Crippen LogP contribution in [0.5, 0.6) is 0 Å². The molecule has 0 radical (unpaired) electrons. The minimum absolute atomic E-state index is 0.171. The van der Waals surface area contributed by atoms with Crippen LogP contribution in [-0.4, -0.2) is 49.1 Å². The summed E-state index contributed by atoms with van der Waals surface area (Å²) in [5.41, 5.74) is 0. The number of carbonyl (C=O) groups is 1. The SMILES string of the molecule is CC(C)NS(=O)(=O)N(CC(=O)O)CC(F)(F)F. The maximum Gasteiger partial charge on any atom is 0.402 e. The van der Waals surface area contributed by atoms with Crippen molar-refractivity contribution in [3.05, 3.63) is 0 Å². The fraction of sp³-hybridized carbons (Fsp3) is 0.857. The topological polar surface area (TPSA) is 86.7 Å². The normalized spacial score (nSPS) is 13.4. The van der Waals surface area contributed by atoms with Crippen LogP contribution in [0.15, 0.2) is 0 Å². The standard InChI is InChI=1S/C7H13F3N2O4S/c1-5(2)11-17(15,16)12(3-6(13)14)4-7(8,9)10/h5,11H,3-4H2,1-2H3,(H,13,14). The van der Waals surface area contributed by atoms with E-state index in [-0.39, 0.29) is 4.31 Å². The maximum absolute atomic E-state index is 12.1. The summed E-state index contributed by atoms with van der Waals surface area (Å²) in [5.74, 6) is -1.66. The van der Waals surface area contributed by atoms with Gasteiger partial charge in [-0.25, -0.2) is 0 Å².